The molecule has 3 N–H and O–H groups in total. The van der Waals surface area contributed by atoms with Gasteiger partial charge in [0.15, 0.2) is 6.61 Å². The molecule has 6 nitrogen and oxygen atoms in total. The Hall–Kier alpha value is -1.89. The molecular weight excluding hydrogens is 412 g/mol. The SMILES string of the molecule is NC(=O)c1ccc(NC(=O)COC(=O)C23C[C@H]4C[C@@H](CC(Br)(C4)C2)C3)cc1. The standard InChI is InChI=1S/C20H23BrN2O4/c21-20-8-12-5-13(9-20)7-19(6-12,11-20)18(26)27-10-16(24)23-15-3-1-14(2-4-15)17(22)25/h1-4,12-13H,5-11H2,(H2,22,25)(H,23,24)/t12-,13-,19?,20?/m1/s1. The number of anilines is 1. The van der Waals surface area contributed by atoms with Crippen molar-refractivity contribution in [2.24, 2.45) is 23.0 Å². The van der Waals surface area contributed by atoms with E-state index in [2.05, 4.69) is 21.2 Å². The van der Waals surface area contributed by atoms with E-state index >= 15 is 0 Å². The van der Waals surface area contributed by atoms with Crippen LogP contribution >= 0.6 is 15.9 Å². The number of amides is 2. The van der Waals surface area contributed by atoms with Gasteiger partial charge in [0.25, 0.3) is 5.91 Å². The number of esters is 1. The molecule has 4 saturated carbocycles. The summed E-state index contributed by atoms with van der Waals surface area (Å²) in [6, 6.07) is 6.25. The van der Waals surface area contributed by atoms with E-state index in [4.69, 9.17) is 10.5 Å². The van der Waals surface area contributed by atoms with Crippen molar-refractivity contribution in [1.29, 1.82) is 0 Å². The molecule has 4 bridgehead atoms. The number of primary amides is 1. The van der Waals surface area contributed by atoms with Gasteiger partial charge < -0.3 is 15.8 Å². The Morgan fingerprint density at radius 1 is 1.11 bits per heavy atom. The van der Waals surface area contributed by atoms with Crippen molar-refractivity contribution in [3.63, 3.8) is 0 Å². The first-order chi connectivity index (χ1) is 12.8. The molecule has 0 aliphatic heterocycles. The maximum absolute atomic E-state index is 12.8. The van der Waals surface area contributed by atoms with Gasteiger partial charge in [0.1, 0.15) is 0 Å². The number of hydrogen-bond donors (Lipinski definition) is 2. The van der Waals surface area contributed by atoms with Crippen molar-refractivity contribution < 1.29 is 19.1 Å². The third kappa shape index (κ3) is 3.61. The second kappa shape index (κ2) is 6.62. The van der Waals surface area contributed by atoms with Crippen molar-refractivity contribution in [2.75, 3.05) is 11.9 Å². The minimum absolute atomic E-state index is 0.0700. The third-order valence-corrected chi connectivity index (χ3v) is 7.14. The monoisotopic (exact) mass is 434 g/mol. The number of carbonyl (C=O) groups is 3. The van der Waals surface area contributed by atoms with Gasteiger partial charge in [0.05, 0.1) is 5.41 Å². The Labute approximate surface area is 166 Å². The zero-order valence-corrected chi connectivity index (χ0v) is 16.6. The highest BCUT2D eigenvalue weighted by atomic mass is 79.9. The van der Waals surface area contributed by atoms with Gasteiger partial charge in [-0.25, -0.2) is 0 Å². The van der Waals surface area contributed by atoms with E-state index in [0.29, 0.717) is 23.1 Å². The van der Waals surface area contributed by atoms with E-state index in [0.717, 1.165) is 32.1 Å². The summed E-state index contributed by atoms with van der Waals surface area (Å²) in [4.78, 5) is 36.0. The molecule has 0 heterocycles. The van der Waals surface area contributed by atoms with Crippen LogP contribution in [0.15, 0.2) is 24.3 Å². The van der Waals surface area contributed by atoms with E-state index in [1.807, 2.05) is 0 Å². The molecule has 27 heavy (non-hydrogen) atoms. The predicted molar refractivity (Wildman–Crippen MR) is 103 cm³/mol. The lowest BCUT2D eigenvalue weighted by molar-refractivity contribution is -0.170. The molecule has 0 spiro atoms. The molecule has 2 atom stereocenters. The highest BCUT2D eigenvalue weighted by molar-refractivity contribution is 9.10. The normalized spacial score (nSPS) is 33.5. The van der Waals surface area contributed by atoms with Crippen LogP contribution in [0.5, 0.6) is 0 Å². The first kappa shape index (κ1) is 18.5. The molecule has 2 amide bonds. The highest BCUT2D eigenvalue weighted by Gasteiger charge is 2.60. The van der Waals surface area contributed by atoms with E-state index in [-0.39, 0.29) is 16.9 Å². The van der Waals surface area contributed by atoms with Crippen LogP contribution in [0.2, 0.25) is 0 Å². The van der Waals surface area contributed by atoms with Gasteiger partial charge in [0.2, 0.25) is 5.91 Å². The Morgan fingerprint density at radius 3 is 2.30 bits per heavy atom. The third-order valence-electron chi connectivity index (χ3n) is 6.21. The number of rotatable bonds is 5. The molecule has 1 aromatic rings. The van der Waals surface area contributed by atoms with E-state index in [1.165, 1.54) is 18.6 Å². The van der Waals surface area contributed by atoms with Crippen LogP contribution in [0, 0.1) is 17.3 Å². The molecule has 0 saturated heterocycles. The summed E-state index contributed by atoms with van der Waals surface area (Å²) in [5, 5.41) is 2.67. The summed E-state index contributed by atoms with van der Waals surface area (Å²) in [5.41, 5.74) is 5.65. The number of alkyl halides is 1. The maximum Gasteiger partial charge on any atom is 0.312 e. The lowest BCUT2D eigenvalue weighted by atomic mass is 9.49. The molecule has 7 heteroatoms. The molecule has 1 aromatic carbocycles. The summed E-state index contributed by atoms with van der Waals surface area (Å²) in [6.07, 6.45) is 6.06. The molecule has 4 fully saturated rings. The number of ether oxygens (including phenoxy) is 1. The highest BCUT2D eigenvalue weighted by Crippen LogP contribution is 2.64. The Morgan fingerprint density at radius 2 is 1.74 bits per heavy atom. The fourth-order valence-electron chi connectivity index (χ4n) is 5.59. The largest absolute Gasteiger partial charge is 0.455 e. The van der Waals surface area contributed by atoms with Gasteiger partial charge in [-0.05, 0) is 74.6 Å². The number of carbonyl (C=O) groups excluding carboxylic acids is 3. The van der Waals surface area contributed by atoms with E-state index < -0.39 is 17.2 Å². The topological polar surface area (TPSA) is 98.5 Å². The van der Waals surface area contributed by atoms with E-state index in [1.54, 1.807) is 12.1 Å². The van der Waals surface area contributed by atoms with Crippen LogP contribution in [0.3, 0.4) is 0 Å². The number of nitrogens with one attached hydrogen (secondary N) is 1. The average molecular weight is 435 g/mol. The van der Waals surface area contributed by atoms with Crippen LogP contribution in [0.4, 0.5) is 5.69 Å². The van der Waals surface area contributed by atoms with Gasteiger partial charge in [-0.1, -0.05) is 15.9 Å². The van der Waals surface area contributed by atoms with Crippen molar-refractivity contribution in [3.8, 4) is 0 Å². The van der Waals surface area contributed by atoms with Crippen LogP contribution in [-0.4, -0.2) is 28.7 Å². The van der Waals surface area contributed by atoms with Crippen LogP contribution in [0.25, 0.3) is 0 Å². The number of nitrogens with two attached hydrogens (primary N) is 1. The zero-order chi connectivity index (χ0) is 19.2. The van der Waals surface area contributed by atoms with Crippen LogP contribution in [-0.2, 0) is 14.3 Å². The number of benzene rings is 1. The van der Waals surface area contributed by atoms with Gasteiger partial charge in [-0.3, -0.25) is 14.4 Å². The summed E-state index contributed by atoms with van der Waals surface area (Å²) >= 11 is 3.88. The van der Waals surface area contributed by atoms with Crippen LogP contribution < -0.4 is 11.1 Å². The maximum atomic E-state index is 12.8. The summed E-state index contributed by atoms with van der Waals surface area (Å²) in [6.45, 7) is -0.303. The fraction of sp³-hybridized carbons (Fsp3) is 0.550. The molecule has 5 rings (SSSR count). The van der Waals surface area contributed by atoms with Gasteiger partial charge >= 0.3 is 5.97 Å². The summed E-state index contributed by atoms with van der Waals surface area (Å²) < 4.78 is 5.49. The van der Waals surface area contributed by atoms with Gasteiger partial charge in [0, 0.05) is 15.6 Å². The second-order valence-corrected chi connectivity index (χ2v) is 10.1. The molecule has 0 unspecified atom stereocenters. The first-order valence-corrected chi connectivity index (χ1v) is 10.1. The quantitative estimate of drug-likeness (QED) is 0.549. The van der Waals surface area contributed by atoms with Crippen molar-refractivity contribution >= 4 is 39.4 Å². The second-order valence-electron chi connectivity index (χ2n) is 8.46. The summed E-state index contributed by atoms with van der Waals surface area (Å²) in [5.74, 6) is 0.00148. The van der Waals surface area contributed by atoms with Crippen LogP contribution in [0.1, 0.15) is 48.9 Å². The van der Waals surface area contributed by atoms with Crippen molar-refractivity contribution in [1.82, 2.24) is 0 Å². The first-order valence-electron chi connectivity index (χ1n) is 9.33. The lowest BCUT2D eigenvalue weighted by Crippen LogP contribution is -2.56. The fourth-order valence-corrected chi connectivity index (χ4v) is 7.04. The molecule has 4 aliphatic rings. The minimum atomic E-state index is -0.526. The predicted octanol–water partition coefficient (Wildman–Crippen LogP) is 3.00. The Balaban J connectivity index is 1.34. The molecule has 0 aromatic heterocycles. The van der Waals surface area contributed by atoms with Gasteiger partial charge in [-0.15, -0.1) is 0 Å². The number of hydrogen-bond acceptors (Lipinski definition) is 4. The zero-order valence-electron chi connectivity index (χ0n) is 15.0. The molecule has 4 aliphatic carbocycles. The average Bonchev–Trinajstić information content (AvgIpc) is 2.58. The van der Waals surface area contributed by atoms with Crippen molar-refractivity contribution in [3.05, 3.63) is 29.8 Å². The number of halogens is 1. The molecule has 0 radical (unpaired) electrons. The van der Waals surface area contributed by atoms with E-state index in [9.17, 15) is 14.4 Å². The van der Waals surface area contributed by atoms with Crippen molar-refractivity contribution in [2.45, 2.75) is 42.8 Å². The lowest BCUT2D eigenvalue weighted by Gasteiger charge is -2.58. The Bertz CT molecular complexity index is 778. The van der Waals surface area contributed by atoms with Gasteiger partial charge in [-0.2, -0.15) is 0 Å². The summed E-state index contributed by atoms with van der Waals surface area (Å²) in [7, 11) is 0. The minimum Gasteiger partial charge on any atom is -0.455 e. The molecular formula is C20H23BrN2O4. The Kier molecular flexibility index (Phi) is 4.53. The molecule has 144 valence electrons. The smallest absolute Gasteiger partial charge is 0.312 e.